The number of ether oxygens (including phenoxy) is 4. The Balaban J connectivity index is 4.24. The van der Waals surface area contributed by atoms with E-state index in [9.17, 15) is 19.5 Å². The third kappa shape index (κ3) is 55.3. The lowest BCUT2D eigenvalue weighted by Gasteiger charge is -2.25. The topological polar surface area (TPSA) is 108 Å². The summed E-state index contributed by atoms with van der Waals surface area (Å²) < 4.78 is 22.8. The molecule has 0 fully saturated rings. The van der Waals surface area contributed by atoms with E-state index in [0.29, 0.717) is 17.4 Å². The maximum atomic E-state index is 12.9. The van der Waals surface area contributed by atoms with Crippen LogP contribution in [0.25, 0.3) is 0 Å². The minimum atomic E-state index is -1.52. The molecule has 2 unspecified atom stereocenters. The summed E-state index contributed by atoms with van der Waals surface area (Å²) in [6.45, 7) is 4.70. The van der Waals surface area contributed by atoms with E-state index in [1.807, 2.05) is 21.1 Å². The predicted octanol–water partition coefficient (Wildman–Crippen LogP) is 16.9. The molecule has 2 atom stereocenters. The molecule has 73 heavy (non-hydrogen) atoms. The van der Waals surface area contributed by atoms with Crippen LogP contribution in [0.5, 0.6) is 0 Å². The first-order valence-corrected chi connectivity index (χ1v) is 28.7. The van der Waals surface area contributed by atoms with Crippen molar-refractivity contribution in [1.82, 2.24) is 0 Å². The van der Waals surface area contributed by atoms with Crippen molar-refractivity contribution in [3.63, 3.8) is 0 Å². The molecule has 414 valence electrons. The first-order chi connectivity index (χ1) is 35.6. The lowest BCUT2D eigenvalue weighted by atomic mass is 10.1. The van der Waals surface area contributed by atoms with Crippen molar-refractivity contribution in [3.8, 4) is 0 Å². The van der Waals surface area contributed by atoms with Crippen molar-refractivity contribution in [2.75, 3.05) is 47.5 Å². The number of carbonyl (C=O) groups is 3. The first-order valence-electron chi connectivity index (χ1n) is 28.7. The molecule has 0 aliphatic carbocycles. The van der Waals surface area contributed by atoms with Gasteiger partial charge in [-0.25, -0.2) is 4.79 Å². The van der Waals surface area contributed by atoms with Crippen molar-refractivity contribution in [2.45, 2.75) is 219 Å². The molecule has 0 aliphatic heterocycles. The van der Waals surface area contributed by atoms with Gasteiger partial charge in [0, 0.05) is 12.8 Å². The zero-order valence-corrected chi connectivity index (χ0v) is 47.0. The monoisotopic (exact) mass is 1020 g/mol. The number of nitrogens with zero attached hydrogens (tertiary/aromatic N) is 1. The molecule has 0 spiro atoms. The van der Waals surface area contributed by atoms with Gasteiger partial charge in [0.25, 0.3) is 6.29 Å². The lowest BCUT2D eigenvalue weighted by molar-refractivity contribution is -0.870. The summed E-state index contributed by atoms with van der Waals surface area (Å²) in [5.41, 5.74) is 0. The maximum Gasteiger partial charge on any atom is 0.361 e. The van der Waals surface area contributed by atoms with Crippen LogP contribution < -0.4 is 0 Å². The number of aliphatic carboxylic acids is 1. The fourth-order valence-electron chi connectivity index (χ4n) is 7.29. The Hall–Kier alpha value is -4.31. The van der Waals surface area contributed by atoms with Crippen LogP contribution in [-0.2, 0) is 33.3 Å². The Bertz CT molecular complexity index is 1610. The molecule has 0 saturated heterocycles. The Morgan fingerprint density at radius 2 is 0.781 bits per heavy atom. The molecule has 0 rings (SSSR count). The van der Waals surface area contributed by atoms with Crippen molar-refractivity contribution in [2.24, 2.45) is 0 Å². The summed E-state index contributed by atoms with van der Waals surface area (Å²) >= 11 is 0. The summed E-state index contributed by atoms with van der Waals surface area (Å²) in [5, 5.41) is 9.68. The van der Waals surface area contributed by atoms with Gasteiger partial charge in [-0.3, -0.25) is 9.59 Å². The molecule has 1 N–H and O–H groups in total. The summed E-state index contributed by atoms with van der Waals surface area (Å²) in [7, 11) is 5.95. The minimum absolute atomic E-state index is 0.178. The normalized spacial score (nSPS) is 13.7. The highest BCUT2D eigenvalue weighted by molar-refractivity contribution is 5.71. The van der Waals surface area contributed by atoms with Gasteiger partial charge in [-0.2, -0.15) is 0 Å². The van der Waals surface area contributed by atoms with E-state index in [1.54, 1.807) is 0 Å². The van der Waals surface area contributed by atoms with Crippen LogP contribution in [0.15, 0.2) is 122 Å². The van der Waals surface area contributed by atoms with Crippen molar-refractivity contribution in [3.05, 3.63) is 122 Å². The number of allylic oxidation sites excluding steroid dienone is 20. The summed E-state index contributed by atoms with van der Waals surface area (Å²) in [4.78, 5) is 37.3. The Kier molecular flexibility index (Phi) is 50.8. The van der Waals surface area contributed by atoms with E-state index in [-0.39, 0.29) is 38.6 Å². The van der Waals surface area contributed by atoms with Crippen LogP contribution in [0.4, 0.5) is 0 Å². The number of hydrogen-bond acceptors (Lipinski definition) is 7. The molecule has 0 radical (unpaired) electrons. The van der Waals surface area contributed by atoms with Gasteiger partial charge in [0.1, 0.15) is 13.2 Å². The minimum Gasteiger partial charge on any atom is -0.477 e. The molecule has 0 heterocycles. The van der Waals surface area contributed by atoms with Gasteiger partial charge in [-0.05, 0) is 109 Å². The highest BCUT2D eigenvalue weighted by atomic mass is 16.7. The lowest BCUT2D eigenvalue weighted by Crippen LogP contribution is -2.40. The van der Waals surface area contributed by atoms with Crippen LogP contribution in [0.3, 0.4) is 0 Å². The van der Waals surface area contributed by atoms with E-state index in [0.717, 1.165) is 122 Å². The first kappa shape index (κ1) is 68.7. The second kappa shape index (κ2) is 54.0. The molecule has 9 heteroatoms. The van der Waals surface area contributed by atoms with Gasteiger partial charge < -0.3 is 28.5 Å². The molecule has 0 amide bonds. The fourth-order valence-corrected chi connectivity index (χ4v) is 7.29. The van der Waals surface area contributed by atoms with Crippen molar-refractivity contribution < 1.29 is 42.9 Å². The second-order valence-electron chi connectivity index (χ2n) is 19.9. The molecule has 9 nitrogen and oxygen atoms in total. The molecule has 0 aromatic carbocycles. The van der Waals surface area contributed by atoms with Crippen LogP contribution in [0, 0.1) is 0 Å². The largest absolute Gasteiger partial charge is 0.477 e. The van der Waals surface area contributed by atoms with E-state index >= 15 is 0 Å². The quantitative estimate of drug-likeness (QED) is 0.0211. The number of rotatable bonds is 51. The van der Waals surface area contributed by atoms with Crippen molar-refractivity contribution in [1.29, 1.82) is 0 Å². The third-order valence-corrected chi connectivity index (χ3v) is 11.7. The van der Waals surface area contributed by atoms with Crippen molar-refractivity contribution >= 4 is 17.9 Å². The number of carbonyl (C=O) groups excluding carboxylic acids is 2. The van der Waals surface area contributed by atoms with E-state index < -0.39 is 24.3 Å². The van der Waals surface area contributed by atoms with Crippen LogP contribution >= 0.6 is 0 Å². The van der Waals surface area contributed by atoms with Crippen LogP contribution in [0.2, 0.25) is 0 Å². The molecule has 0 saturated carbocycles. The molecular weight excluding hydrogens is 911 g/mol. The van der Waals surface area contributed by atoms with Crippen LogP contribution in [-0.4, -0.2) is 87.4 Å². The highest BCUT2D eigenvalue weighted by Crippen LogP contribution is 2.14. The van der Waals surface area contributed by atoms with E-state index in [2.05, 4.69) is 135 Å². The van der Waals surface area contributed by atoms with E-state index in [1.165, 1.54) is 51.4 Å². The SMILES string of the molecule is CC/C=C\C/C=C\C/C=C\C/C=C\C/C=C\C/C=C\C/C=C\C/C=C\C/C=C\CCCCCCCCCC(=O)OC(COC(=O)CCCCCCC/C=C\CCCCCC)COC(OCC[N+](C)(C)C)C(=O)O. The number of quaternary nitrogens is 1. The zero-order valence-electron chi connectivity index (χ0n) is 47.0. The molecular formula is C64H106NO8+. The molecule has 0 aromatic heterocycles. The van der Waals surface area contributed by atoms with Gasteiger partial charge >= 0.3 is 17.9 Å². The average molecular weight is 1020 g/mol. The number of unbranched alkanes of at least 4 members (excludes halogenated alkanes) is 16. The van der Waals surface area contributed by atoms with Gasteiger partial charge in [-0.15, -0.1) is 0 Å². The number of likely N-dealkylation sites (N-methyl/N-ethyl adjacent to an activating group) is 1. The number of hydrogen-bond donors (Lipinski definition) is 1. The Labute approximate surface area is 447 Å². The molecule has 0 aromatic rings. The smallest absolute Gasteiger partial charge is 0.361 e. The third-order valence-electron chi connectivity index (χ3n) is 11.7. The number of carboxylic acid groups (broad SMARTS) is 1. The average Bonchev–Trinajstić information content (AvgIpc) is 3.36. The van der Waals surface area contributed by atoms with Gasteiger partial charge in [0.15, 0.2) is 6.10 Å². The standard InChI is InChI=1S/C64H105NO8/c1-6-8-10-12-14-16-18-20-21-22-23-24-25-26-27-28-29-30-31-32-33-34-35-36-37-38-39-40-41-43-45-47-49-51-53-55-62(67)73-60(59-72-64(63(68)69)70-57-56-65(3,4)5)58-71-61(66)54-52-50-48-46-44-42-19-17-15-13-11-9-7-2/h8,10,14,16-17,19-21,23-24,26-27,29-30,32-33,35-36,38-39,60,64H,6-7,9,11-13,15,18,22,25,28,31,34,37,40-59H2,1-5H3/p+1/b10-8-,16-14-,19-17-,21-20-,24-23-,27-26-,30-29-,33-32-,36-35-,39-38-. The summed E-state index contributed by atoms with van der Waals surface area (Å²) in [5.74, 6) is -2.05. The summed E-state index contributed by atoms with van der Waals surface area (Å²) in [6.07, 6.45) is 72.8. The predicted molar refractivity (Wildman–Crippen MR) is 308 cm³/mol. The summed E-state index contributed by atoms with van der Waals surface area (Å²) in [6, 6.07) is 0. The number of carboxylic acids is 1. The fraction of sp³-hybridized carbons (Fsp3) is 0.641. The Morgan fingerprint density at radius 3 is 1.18 bits per heavy atom. The maximum absolute atomic E-state index is 12.9. The molecule has 0 bridgehead atoms. The van der Waals surface area contributed by atoms with E-state index in [4.69, 9.17) is 18.9 Å². The van der Waals surface area contributed by atoms with Gasteiger partial charge in [0.2, 0.25) is 0 Å². The van der Waals surface area contributed by atoms with Gasteiger partial charge in [0.05, 0.1) is 34.4 Å². The second-order valence-corrected chi connectivity index (χ2v) is 19.9. The number of esters is 2. The van der Waals surface area contributed by atoms with Crippen LogP contribution in [0.1, 0.15) is 206 Å². The Morgan fingerprint density at radius 1 is 0.425 bits per heavy atom. The highest BCUT2D eigenvalue weighted by Gasteiger charge is 2.25. The van der Waals surface area contributed by atoms with Gasteiger partial charge in [-0.1, -0.05) is 206 Å². The zero-order chi connectivity index (χ0) is 53.4. The molecule has 0 aliphatic rings.